The highest BCUT2D eigenvalue weighted by Crippen LogP contribution is 2.28. The molecule has 0 radical (unpaired) electrons. The second-order valence-corrected chi connectivity index (χ2v) is 5.65. The Balaban J connectivity index is 2.20. The third-order valence-electron chi connectivity index (χ3n) is 2.60. The zero-order valence-corrected chi connectivity index (χ0v) is 10.9. The summed E-state index contributed by atoms with van der Waals surface area (Å²) in [5, 5.41) is 8.80. The number of hydrogen-bond donors (Lipinski definition) is 0. The number of nitrogens with zero attached hydrogens (tertiary/aromatic N) is 1. The summed E-state index contributed by atoms with van der Waals surface area (Å²) in [5.41, 5.74) is 2.57. The van der Waals surface area contributed by atoms with Gasteiger partial charge in [0.25, 0.3) is 0 Å². The van der Waals surface area contributed by atoms with Crippen LogP contribution in [0.5, 0.6) is 0 Å². The standard InChI is InChI=1S/C15H15NS/c1-11(2)9-12-3-5-13(6-4-12)15-8-7-14(10-16)17-15/h3-8,11H,9H2,1-2H3. The zero-order chi connectivity index (χ0) is 12.3. The molecule has 0 unspecified atom stereocenters. The molecular formula is C15H15NS. The van der Waals surface area contributed by atoms with Crippen LogP contribution in [0.4, 0.5) is 0 Å². The van der Waals surface area contributed by atoms with Crippen molar-refractivity contribution in [3.63, 3.8) is 0 Å². The van der Waals surface area contributed by atoms with Gasteiger partial charge >= 0.3 is 0 Å². The first-order chi connectivity index (χ1) is 8.19. The molecule has 0 atom stereocenters. The summed E-state index contributed by atoms with van der Waals surface area (Å²) in [5.74, 6) is 0.688. The van der Waals surface area contributed by atoms with Crippen molar-refractivity contribution >= 4 is 11.3 Å². The second kappa shape index (κ2) is 5.16. The van der Waals surface area contributed by atoms with E-state index in [2.05, 4.69) is 44.2 Å². The minimum atomic E-state index is 0.688. The second-order valence-electron chi connectivity index (χ2n) is 4.57. The fourth-order valence-corrected chi connectivity index (χ4v) is 2.64. The fourth-order valence-electron chi connectivity index (χ4n) is 1.83. The molecule has 0 aliphatic heterocycles. The van der Waals surface area contributed by atoms with E-state index in [9.17, 15) is 0 Å². The van der Waals surface area contributed by atoms with E-state index in [1.54, 1.807) is 11.3 Å². The van der Waals surface area contributed by atoms with Crippen molar-refractivity contribution in [1.29, 1.82) is 5.26 Å². The van der Waals surface area contributed by atoms with E-state index in [1.165, 1.54) is 11.1 Å². The SMILES string of the molecule is CC(C)Cc1ccc(-c2ccc(C#N)s2)cc1. The van der Waals surface area contributed by atoms with E-state index < -0.39 is 0 Å². The van der Waals surface area contributed by atoms with E-state index in [0.717, 1.165) is 16.2 Å². The third-order valence-corrected chi connectivity index (χ3v) is 3.64. The molecule has 17 heavy (non-hydrogen) atoms. The van der Waals surface area contributed by atoms with Crippen LogP contribution >= 0.6 is 11.3 Å². The summed E-state index contributed by atoms with van der Waals surface area (Å²) in [6.07, 6.45) is 1.12. The van der Waals surface area contributed by atoms with E-state index in [4.69, 9.17) is 5.26 Å². The number of nitriles is 1. The Morgan fingerprint density at radius 3 is 2.35 bits per heavy atom. The van der Waals surface area contributed by atoms with Crippen molar-refractivity contribution in [3.05, 3.63) is 46.8 Å². The van der Waals surface area contributed by atoms with Gasteiger partial charge in [0.2, 0.25) is 0 Å². The molecule has 2 aromatic rings. The van der Waals surface area contributed by atoms with Crippen LogP contribution < -0.4 is 0 Å². The third kappa shape index (κ3) is 2.95. The zero-order valence-electron chi connectivity index (χ0n) is 10.1. The van der Waals surface area contributed by atoms with Gasteiger partial charge in [-0.2, -0.15) is 5.26 Å². The van der Waals surface area contributed by atoms with Crippen molar-refractivity contribution in [2.75, 3.05) is 0 Å². The highest BCUT2D eigenvalue weighted by Gasteiger charge is 2.03. The minimum absolute atomic E-state index is 0.688. The maximum absolute atomic E-state index is 8.80. The van der Waals surface area contributed by atoms with Gasteiger partial charge in [0.15, 0.2) is 0 Å². The van der Waals surface area contributed by atoms with Gasteiger partial charge in [-0.05, 0) is 35.6 Å². The molecule has 0 aliphatic rings. The Morgan fingerprint density at radius 1 is 1.12 bits per heavy atom. The molecule has 1 aromatic heterocycles. The van der Waals surface area contributed by atoms with E-state index in [1.807, 2.05) is 12.1 Å². The summed E-state index contributed by atoms with van der Waals surface area (Å²) in [6, 6.07) is 14.7. The van der Waals surface area contributed by atoms with Gasteiger partial charge in [-0.25, -0.2) is 0 Å². The molecule has 2 rings (SSSR count). The lowest BCUT2D eigenvalue weighted by molar-refractivity contribution is 0.647. The summed E-state index contributed by atoms with van der Waals surface area (Å²) in [7, 11) is 0. The van der Waals surface area contributed by atoms with Crippen molar-refractivity contribution in [2.24, 2.45) is 5.92 Å². The van der Waals surface area contributed by atoms with Gasteiger partial charge in [0.1, 0.15) is 10.9 Å². The van der Waals surface area contributed by atoms with Gasteiger partial charge in [-0.1, -0.05) is 38.1 Å². The van der Waals surface area contributed by atoms with Gasteiger partial charge in [-0.15, -0.1) is 11.3 Å². The highest BCUT2D eigenvalue weighted by molar-refractivity contribution is 7.16. The minimum Gasteiger partial charge on any atom is -0.192 e. The van der Waals surface area contributed by atoms with Crippen LogP contribution in [0.25, 0.3) is 10.4 Å². The van der Waals surface area contributed by atoms with Crippen molar-refractivity contribution in [1.82, 2.24) is 0 Å². The van der Waals surface area contributed by atoms with Crippen LogP contribution in [-0.4, -0.2) is 0 Å². The largest absolute Gasteiger partial charge is 0.192 e. The van der Waals surface area contributed by atoms with Crippen LogP contribution in [0.3, 0.4) is 0 Å². The van der Waals surface area contributed by atoms with Gasteiger partial charge < -0.3 is 0 Å². The Bertz CT molecular complexity index is 529. The van der Waals surface area contributed by atoms with E-state index in [-0.39, 0.29) is 0 Å². The molecule has 1 aromatic carbocycles. The van der Waals surface area contributed by atoms with Crippen molar-refractivity contribution < 1.29 is 0 Å². The monoisotopic (exact) mass is 241 g/mol. The van der Waals surface area contributed by atoms with Gasteiger partial charge in [0, 0.05) is 4.88 Å². The van der Waals surface area contributed by atoms with Crippen LogP contribution in [0.1, 0.15) is 24.3 Å². The Kier molecular flexibility index (Phi) is 3.61. The first-order valence-electron chi connectivity index (χ1n) is 5.78. The molecule has 0 bridgehead atoms. The Morgan fingerprint density at radius 2 is 1.82 bits per heavy atom. The molecule has 0 aliphatic carbocycles. The molecule has 0 saturated carbocycles. The first kappa shape index (κ1) is 11.9. The predicted molar refractivity (Wildman–Crippen MR) is 73.0 cm³/mol. The summed E-state index contributed by atoms with van der Waals surface area (Å²) >= 11 is 1.54. The molecule has 0 spiro atoms. The quantitative estimate of drug-likeness (QED) is 0.777. The molecule has 0 saturated heterocycles. The van der Waals surface area contributed by atoms with Crippen LogP contribution in [-0.2, 0) is 6.42 Å². The highest BCUT2D eigenvalue weighted by atomic mass is 32.1. The normalized spacial score (nSPS) is 10.5. The molecule has 1 nitrogen and oxygen atoms in total. The van der Waals surface area contributed by atoms with E-state index in [0.29, 0.717) is 5.92 Å². The first-order valence-corrected chi connectivity index (χ1v) is 6.60. The van der Waals surface area contributed by atoms with Crippen LogP contribution in [0.15, 0.2) is 36.4 Å². The number of rotatable bonds is 3. The maximum atomic E-state index is 8.80. The average Bonchev–Trinajstić information content (AvgIpc) is 2.78. The molecule has 2 heteroatoms. The lowest BCUT2D eigenvalue weighted by Gasteiger charge is -2.05. The number of benzene rings is 1. The molecule has 0 N–H and O–H groups in total. The van der Waals surface area contributed by atoms with Crippen molar-refractivity contribution in [2.45, 2.75) is 20.3 Å². The molecule has 0 amide bonds. The maximum Gasteiger partial charge on any atom is 0.110 e. The van der Waals surface area contributed by atoms with Gasteiger partial charge in [-0.3, -0.25) is 0 Å². The van der Waals surface area contributed by atoms with Gasteiger partial charge in [0.05, 0.1) is 0 Å². The summed E-state index contributed by atoms with van der Waals surface area (Å²) < 4.78 is 0. The number of thiophene rings is 1. The Labute approximate surface area is 106 Å². The molecule has 86 valence electrons. The average molecular weight is 241 g/mol. The predicted octanol–water partition coefficient (Wildman–Crippen LogP) is 4.49. The number of hydrogen-bond acceptors (Lipinski definition) is 2. The van der Waals surface area contributed by atoms with Crippen LogP contribution in [0.2, 0.25) is 0 Å². The summed E-state index contributed by atoms with van der Waals surface area (Å²) in [6.45, 7) is 4.46. The van der Waals surface area contributed by atoms with Crippen molar-refractivity contribution in [3.8, 4) is 16.5 Å². The topological polar surface area (TPSA) is 23.8 Å². The molecular weight excluding hydrogens is 226 g/mol. The van der Waals surface area contributed by atoms with Crippen LogP contribution in [0, 0.1) is 17.2 Å². The molecule has 0 fully saturated rings. The lowest BCUT2D eigenvalue weighted by atomic mass is 10.0. The van der Waals surface area contributed by atoms with E-state index >= 15 is 0 Å². The Hall–Kier alpha value is -1.59. The smallest absolute Gasteiger partial charge is 0.110 e. The molecule has 1 heterocycles. The summed E-state index contributed by atoms with van der Waals surface area (Å²) in [4.78, 5) is 1.93. The lowest BCUT2D eigenvalue weighted by Crippen LogP contribution is -1.93. The fraction of sp³-hybridized carbons (Fsp3) is 0.267.